The molecule has 0 aliphatic rings. The predicted molar refractivity (Wildman–Crippen MR) is 70.7 cm³/mol. The highest BCUT2D eigenvalue weighted by molar-refractivity contribution is 5.91. The van der Waals surface area contributed by atoms with E-state index < -0.39 is 11.9 Å². The first-order valence-corrected chi connectivity index (χ1v) is 5.92. The first kappa shape index (κ1) is 13.8. The van der Waals surface area contributed by atoms with Crippen LogP contribution in [0.2, 0.25) is 0 Å². The van der Waals surface area contributed by atoms with E-state index >= 15 is 0 Å². The molecule has 1 aromatic carbocycles. The number of hydrogen-bond acceptors (Lipinski definition) is 5. The fourth-order valence-electron chi connectivity index (χ4n) is 1.63. The van der Waals surface area contributed by atoms with Gasteiger partial charge in [-0.15, -0.1) is 5.10 Å². The average molecular weight is 274 g/mol. The molecule has 6 heteroatoms. The number of methoxy groups -OCH3 is 1. The largest absolute Gasteiger partial charge is 0.464 e. The maximum Gasteiger partial charge on any atom is 0.356 e. The van der Waals surface area contributed by atoms with Gasteiger partial charge in [0.1, 0.15) is 5.69 Å². The zero-order chi connectivity index (χ0) is 14.7. The van der Waals surface area contributed by atoms with Gasteiger partial charge in [0.25, 0.3) is 0 Å². The predicted octanol–water partition coefficient (Wildman–Crippen LogP) is 1.73. The zero-order valence-electron chi connectivity index (χ0n) is 11.4. The Kier molecular flexibility index (Phi) is 3.84. The Bertz CT molecular complexity index is 644. The number of rotatable bonds is 3. The average Bonchev–Trinajstić information content (AvgIpc) is 2.79. The maximum absolute atomic E-state index is 11.9. The molecule has 20 heavy (non-hydrogen) atoms. The Morgan fingerprint density at radius 2 is 1.80 bits per heavy atom. The van der Waals surface area contributed by atoms with Crippen LogP contribution in [0.15, 0.2) is 30.3 Å². The first-order valence-electron chi connectivity index (χ1n) is 5.92. The third-order valence-corrected chi connectivity index (χ3v) is 2.74. The van der Waals surface area contributed by atoms with Crippen molar-refractivity contribution in [3.05, 3.63) is 47.2 Å². The molecule has 0 spiro atoms. The minimum Gasteiger partial charge on any atom is -0.464 e. The Hall–Kier alpha value is -2.63. The van der Waals surface area contributed by atoms with E-state index in [4.69, 9.17) is 4.74 Å². The SMILES string of the molecule is COC(=O)c1cc(OC(=O)c2ccc(C)cc2)nn1C. The van der Waals surface area contributed by atoms with Gasteiger partial charge in [-0.05, 0) is 19.1 Å². The summed E-state index contributed by atoms with van der Waals surface area (Å²) in [6, 6.07) is 8.32. The highest BCUT2D eigenvalue weighted by Gasteiger charge is 2.17. The number of esters is 2. The molecule has 0 atom stereocenters. The van der Waals surface area contributed by atoms with E-state index in [-0.39, 0.29) is 11.6 Å². The third-order valence-electron chi connectivity index (χ3n) is 2.74. The van der Waals surface area contributed by atoms with Crippen molar-refractivity contribution in [2.45, 2.75) is 6.92 Å². The molecule has 0 N–H and O–H groups in total. The summed E-state index contributed by atoms with van der Waals surface area (Å²) in [5.41, 5.74) is 1.67. The van der Waals surface area contributed by atoms with Crippen molar-refractivity contribution in [2.75, 3.05) is 7.11 Å². The van der Waals surface area contributed by atoms with Crippen LogP contribution in [-0.4, -0.2) is 28.8 Å². The van der Waals surface area contributed by atoms with Crippen LogP contribution in [-0.2, 0) is 11.8 Å². The van der Waals surface area contributed by atoms with Gasteiger partial charge in [-0.25, -0.2) is 9.59 Å². The summed E-state index contributed by atoms with van der Waals surface area (Å²) >= 11 is 0. The van der Waals surface area contributed by atoms with Crippen molar-refractivity contribution in [1.82, 2.24) is 9.78 Å². The lowest BCUT2D eigenvalue weighted by Crippen LogP contribution is -2.09. The van der Waals surface area contributed by atoms with Crippen molar-refractivity contribution in [1.29, 1.82) is 0 Å². The fourth-order valence-corrected chi connectivity index (χ4v) is 1.63. The molecule has 0 amide bonds. The summed E-state index contributed by atoms with van der Waals surface area (Å²) in [6.45, 7) is 1.93. The molecule has 1 aromatic heterocycles. The standard InChI is InChI=1S/C14H14N2O4/c1-9-4-6-10(7-5-9)13(17)20-12-8-11(14(18)19-3)16(2)15-12/h4-8H,1-3H3. The van der Waals surface area contributed by atoms with E-state index in [1.807, 2.05) is 19.1 Å². The highest BCUT2D eigenvalue weighted by atomic mass is 16.5. The summed E-state index contributed by atoms with van der Waals surface area (Å²) in [5, 5.41) is 3.94. The molecule has 0 aliphatic heterocycles. The summed E-state index contributed by atoms with van der Waals surface area (Å²) in [4.78, 5) is 23.3. The van der Waals surface area contributed by atoms with Crippen LogP contribution < -0.4 is 4.74 Å². The van der Waals surface area contributed by atoms with E-state index in [0.717, 1.165) is 5.56 Å². The fraction of sp³-hybridized carbons (Fsp3) is 0.214. The first-order chi connectivity index (χ1) is 9.51. The molecule has 0 radical (unpaired) electrons. The van der Waals surface area contributed by atoms with Crippen LogP contribution >= 0.6 is 0 Å². The van der Waals surface area contributed by atoms with E-state index in [1.54, 1.807) is 19.2 Å². The number of hydrogen-bond donors (Lipinski definition) is 0. The number of aryl methyl sites for hydroxylation is 2. The Labute approximate surface area is 115 Å². The van der Waals surface area contributed by atoms with Crippen molar-refractivity contribution in [2.24, 2.45) is 7.05 Å². The molecule has 2 rings (SSSR count). The van der Waals surface area contributed by atoms with E-state index in [9.17, 15) is 9.59 Å². The smallest absolute Gasteiger partial charge is 0.356 e. The van der Waals surface area contributed by atoms with Crippen LogP contribution in [0, 0.1) is 6.92 Å². The second-order valence-electron chi connectivity index (χ2n) is 4.24. The number of ether oxygens (including phenoxy) is 2. The second-order valence-corrected chi connectivity index (χ2v) is 4.24. The van der Waals surface area contributed by atoms with Crippen LogP contribution in [0.4, 0.5) is 0 Å². The molecular formula is C14H14N2O4. The summed E-state index contributed by atoms with van der Waals surface area (Å²) in [5.74, 6) is -1.02. The van der Waals surface area contributed by atoms with Gasteiger partial charge in [0.2, 0.25) is 5.88 Å². The molecule has 104 valence electrons. The molecule has 0 aliphatic carbocycles. The molecule has 1 heterocycles. The van der Waals surface area contributed by atoms with Gasteiger partial charge in [0.15, 0.2) is 0 Å². The second kappa shape index (κ2) is 5.56. The lowest BCUT2D eigenvalue weighted by molar-refractivity contribution is 0.0587. The molecular weight excluding hydrogens is 260 g/mol. The van der Waals surface area contributed by atoms with E-state index in [0.29, 0.717) is 5.56 Å². The summed E-state index contributed by atoms with van der Waals surface area (Å²) in [7, 11) is 2.84. The molecule has 0 fully saturated rings. The van der Waals surface area contributed by atoms with Crippen LogP contribution in [0.25, 0.3) is 0 Å². The summed E-state index contributed by atoms with van der Waals surface area (Å²) in [6.07, 6.45) is 0. The molecule has 0 unspecified atom stereocenters. The highest BCUT2D eigenvalue weighted by Crippen LogP contribution is 2.14. The topological polar surface area (TPSA) is 70.4 Å². The third kappa shape index (κ3) is 2.85. The van der Waals surface area contributed by atoms with Gasteiger partial charge in [-0.1, -0.05) is 17.7 Å². The molecule has 0 saturated heterocycles. The Morgan fingerprint density at radius 1 is 1.15 bits per heavy atom. The van der Waals surface area contributed by atoms with Crippen LogP contribution in [0.1, 0.15) is 26.4 Å². The maximum atomic E-state index is 11.9. The lowest BCUT2D eigenvalue weighted by atomic mass is 10.1. The molecule has 6 nitrogen and oxygen atoms in total. The number of aromatic nitrogens is 2. The van der Waals surface area contributed by atoms with Gasteiger partial charge < -0.3 is 9.47 Å². The van der Waals surface area contributed by atoms with Gasteiger partial charge >= 0.3 is 11.9 Å². The number of benzene rings is 1. The van der Waals surface area contributed by atoms with Gasteiger partial charge in [0.05, 0.1) is 12.7 Å². The zero-order valence-corrected chi connectivity index (χ0v) is 11.4. The van der Waals surface area contributed by atoms with Gasteiger partial charge in [-0.3, -0.25) is 4.68 Å². The lowest BCUT2D eigenvalue weighted by Gasteiger charge is -2.00. The van der Waals surface area contributed by atoms with Gasteiger partial charge in [0, 0.05) is 13.1 Å². The minimum atomic E-state index is -0.544. The van der Waals surface area contributed by atoms with Crippen molar-refractivity contribution < 1.29 is 19.1 Å². The molecule has 0 saturated carbocycles. The van der Waals surface area contributed by atoms with Crippen LogP contribution in [0.3, 0.4) is 0 Å². The minimum absolute atomic E-state index is 0.0541. The van der Waals surface area contributed by atoms with Gasteiger partial charge in [-0.2, -0.15) is 0 Å². The van der Waals surface area contributed by atoms with Crippen molar-refractivity contribution in [3.8, 4) is 5.88 Å². The van der Waals surface area contributed by atoms with Crippen molar-refractivity contribution in [3.63, 3.8) is 0 Å². The van der Waals surface area contributed by atoms with E-state index in [1.165, 1.54) is 17.9 Å². The van der Waals surface area contributed by atoms with Crippen molar-refractivity contribution >= 4 is 11.9 Å². The summed E-state index contributed by atoms with van der Waals surface area (Å²) < 4.78 is 11.0. The molecule has 2 aromatic rings. The normalized spacial score (nSPS) is 10.2. The molecule has 0 bridgehead atoms. The number of carbonyl (C=O) groups is 2. The number of nitrogens with zero attached hydrogens (tertiary/aromatic N) is 2. The monoisotopic (exact) mass is 274 g/mol. The quantitative estimate of drug-likeness (QED) is 0.797. The van der Waals surface area contributed by atoms with E-state index in [2.05, 4.69) is 9.84 Å². The Balaban J connectivity index is 2.16. The van der Waals surface area contributed by atoms with Crippen LogP contribution in [0.5, 0.6) is 5.88 Å². The number of carbonyl (C=O) groups excluding carboxylic acids is 2. The Morgan fingerprint density at radius 3 is 2.40 bits per heavy atom.